The molecule has 0 saturated heterocycles. The fraction of sp³-hybridized carbons (Fsp3) is 0.250. The molecule has 0 fully saturated rings. The lowest BCUT2D eigenvalue weighted by molar-refractivity contribution is 0.305. The summed E-state index contributed by atoms with van der Waals surface area (Å²) in [6.07, 6.45) is 1.12. The maximum absolute atomic E-state index is 5.77. The number of methoxy groups -OCH3 is 1. The normalized spacial score (nSPS) is 12.7. The lowest BCUT2D eigenvalue weighted by Crippen LogP contribution is -1.97. The van der Waals surface area contributed by atoms with Crippen molar-refractivity contribution in [3.05, 3.63) is 53.6 Å². The summed E-state index contributed by atoms with van der Waals surface area (Å²) < 4.78 is 10.9. The first kappa shape index (κ1) is 11.9. The SMILES string of the molecule is COc1ccc(OCc2ccc3c(c2)NCC3)cc1. The summed E-state index contributed by atoms with van der Waals surface area (Å²) in [5.41, 5.74) is 3.83. The highest BCUT2D eigenvalue weighted by Crippen LogP contribution is 2.24. The molecule has 0 aliphatic carbocycles. The van der Waals surface area contributed by atoms with E-state index in [0.29, 0.717) is 6.61 Å². The van der Waals surface area contributed by atoms with Crippen molar-refractivity contribution in [1.82, 2.24) is 0 Å². The monoisotopic (exact) mass is 255 g/mol. The number of hydrogen-bond acceptors (Lipinski definition) is 3. The van der Waals surface area contributed by atoms with Gasteiger partial charge in [-0.1, -0.05) is 12.1 Å². The van der Waals surface area contributed by atoms with Crippen molar-refractivity contribution in [2.24, 2.45) is 0 Å². The van der Waals surface area contributed by atoms with Crippen LogP contribution in [0.4, 0.5) is 5.69 Å². The van der Waals surface area contributed by atoms with Crippen molar-refractivity contribution >= 4 is 5.69 Å². The molecule has 19 heavy (non-hydrogen) atoms. The maximum atomic E-state index is 5.77. The average Bonchev–Trinajstić information content (AvgIpc) is 2.93. The van der Waals surface area contributed by atoms with Crippen LogP contribution >= 0.6 is 0 Å². The lowest BCUT2D eigenvalue weighted by atomic mass is 10.1. The van der Waals surface area contributed by atoms with Crippen LogP contribution in [0.3, 0.4) is 0 Å². The van der Waals surface area contributed by atoms with Crippen molar-refractivity contribution in [2.75, 3.05) is 19.0 Å². The highest BCUT2D eigenvalue weighted by Gasteiger charge is 2.09. The molecule has 1 N–H and O–H groups in total. The van der Waals surface area contributed by atoms with Crippen LogP contribution < -0.4 is 14.8 Å². The molecule has 2 aromatic carbocycles. The van der Waals surface area contributed by atoms with Gasteiger partial charge in [-0.3, -0.25) is 0 Å². The second-order valence-electron chi connectivity index (χ2n) is 4.63. The molecule has 0 spiro atoms. The number of fused-ring (bicyclic) bond motifs is 1. The van der Waals surface area contributed by atoms with Crippen LogP contribution in [-0.4, -0.2) is 13.7 Å². The molecule has 0 bridgehead atoms. The smallest absolute Gasteiger partial charge is 0.120 e. The van der Waals surface area contributed by atoms with Gasteiger partial charge < -0.3 is 14.8 Å². The van der Waals surface area contributed by atoms with E-state index in [-0.39, 0.29) is 0 Å². The molecule has 1 heterocycles. The van der Waals surface area contributed by atoms with E-state index in [9.17, 15) is 0 Å². The quantitative estimate of drug-likeness (QED) is 0.909. The molecule has 2 aromatic rings. The molecule has 0 atom stereocenters. The van der Waals surface area contributed by atoms with Gasteiger partial charge in [0.05, 0.1) is 7.11 Å². The van der Waals surface area contributed by atoms with Crippen LogP contribution in [0, 0.1) is 0 Å². The van der Waals surface area contributed by atoms with Gasteiger partial charge in [0.15, 0.2) is 0 Å². The predicted octanol–water partition coefficient (Wildman–Crippen LogP) is 3.24. The third-order valence-corrected chi connectivity index (χ3v) is 3.35. The van der Waals surface area contributed by atoms with Crippen molar-refractivity contribution in [3.8, 4) is 11.5 Å². The van der Waals surface area contributed by atoms with E-state index in [1.807, 2.05) is 24.3 Å². The molecule has 98 valence electrons. The zero-order valence-electron chi connectivity index (χ0n) is 11.0. The molecule has 3 nitrogen and oxygen atoms in total. The van der Waals surface area contributed by atoms with Gasteiger partial charge in [-0.2, -0.15) is 0 Å². The first-order valence-corrected chi connectivity index (χ1v) is 6.48. The minimum absolute atomic E-state index is 0.585. The molecular weight excluding hydrogens is 238 g/mol. The van der Waals surface area contributed by atoms with Gasteiger partial charge in [0.2, 0.25) is 0 Å². The van der Waals surface area contributed by atoms with E-state index in [1.165, 1.54) is 16.8 Å². The molecule has 3 heteroatoms. The van der Waals surface area contributed by atoms with Gasteiger partial charge in [-0.15, -0.1) is 0 Å². The van der Waals surface area contributed by atoms with Crippen molar-refractivity contribution in [3.63, 3.8) is 0 Å². The number of ether oxygens (including phenoxy) is 2. The number of rotatable bonds is 4. The highest BCUT2D eigenvalue weighted by molar-refractivity contribution is 5.57. The average molecular weight is 255 g/mol. The first-order chi connectivity index (χ1) is 9.35. The van der Waals surface area contributed by atoms with Crippen molar-refractivity contribution in [2.45, 2.75) is 13.0 Å². The second kappa shape index (κ2) is 5.22. The van der Waals surface area contributed by atoms with Crippen LogP contribution in [0.5, 0.6) is 11.5 Å². The maximum Gasteiger partial charge on any atom is 0.120 e. The van der Waals surface area contributed by atoms with Gasteiger partial charge in [0, 0.05) is 12.2 Å². The fourth-order valence-electron chi connectivity index (χ4n) is 2.27. The largest absolute Gasteiger partial charge is 0.497 e. The first-order valence-electron chi connectivity index (χ1n) is 6.48. The van der Waals surface area contributed by atoms with Crippen LogP contribution in [0.15, 0.2) is 42.5 Å². The van der Waals surface area contributed by atoms with E-state index >= 15 is 0 Å². The van der Waals surface area contributed by atoms with E-state index in [4.69, 9.17) is 9.47 Å². The van der Waals surface area contributed by atoms with E-state index in [0.717, 1.165) is 24.5 Å². The summed E-state index contributed by atoms with van der Waals surface area (Å²) in [6.45, 7) is 1.62. The number of nitrogens with one attached hydrogen (secondary N) is 1. The summed E-state index contributed by atoms with van der Waals surface area (Å²) in [5, 5.41) is 3.38. The standard InChI is InChI=1S/C16H17NO2/c1-18-14-4-6-15(7-5-14)19-11-12-2-3-13-8-9-17-16(13)10-12/h2-7,10,17H,8-9,11H2,1H3. The van der Waals surface area contributed by atoms with Crippen LogP contribution in [0.25, 0.3) is 0 Å². The summed E-state index contributed by atoms with van der Waals surface area (Å²) in [7, 11) is 1.66. The number of anilines is 1. The summed E-state index contributed by atoms with van der Waals surface area (Å²) >= 11 is 0. The van der Waals surface area contributed by atoms with Gasteiger partial charge >= 0.3 is 0 Å². The van der Waals surface area contributed by atoms with Gasteiger partial charge in [0.25, 0.3) is 0 Å². The Labute approximate surface area is 113 Å². The van der Waals surface area contributed by atoms with Crippen molar-refractivity contribution in [1.29, 1.82) is 0 Å². The summed E-state index contributed by atoms with van der Waals surface area (Å²) in [5.74, 6) is 1.70. The van der Waals surface area contributed by atoms with Crippen LogP contribution in [0.2, 0.25) is 0 Å². The molecule has 1 aliphatic rings. The van der Waals surface area contributed by atoms with E-state index in [1.54, 1.807) is 7.11 Å². The fourth-order valence-corrected chi connectivity index (χ4v) is 2.27. The van der Waals surface area contributed by atoms with E-state index < -0.39 is 0 Å². The Kier molecular flexibility index (Phi) is 3.27. The van der Waals surface area contributed by atoms with Crippen LogP contribution in [-0.2, 0) is 13.0 Å². The topological polar surface area (TPSA) is 30.5 Å². The summed E-state index contributed by atoms with van der Waals surface area (Å²) in [4.78, 5) is 0. The Morgan fingerprint density at radius 2 is 1.84 bits per heavy atom. The Bertz CT molecular complexity index is 563. The minimum Gasteiger partial charge on any atom is -0.497 e. The predicted molar refractivity (Wildman–Crippen MR) is 76.0 cm³/mol. The Hall–Kier alpha value is -2.16. The highest BCUT2D eigenvalue weighted by atomic mass is 16.5. The van der Waals surface area contributed by atoms with E-state index in [2.05, 4.69) is 23.5 Å². The van der Waals surface area contributed by atoms with Crippen molar-refractivity contribution < 1.29 is 9.47 Å². The molecule has 0 saturated carbocycles. The molecule has 0 amide bonds. The van der Waals surface area contributed by atoms with Gasteiger partial charge in [-0.05, 0) is 47.9 Å². The molecule has 0 aromatic heterocycles. The molecule has 0 unspecified atom stereocenters. The third-order valence-electron chi connectivity index (χ3n) is 3.35. The Morgan fingerprint density at radius 1 is 1.05 bits per heavy atom. The van der Waals surface area contributed by atoms with Crippen LogP contribution in [0.1, 0.15) is 11.1 Å². The Morgan fingerprint density at radius 3 is 2.63 bits per heavy atom. The zero-order valence-corrected chi connectivity index (χ0v) is 11.0. The molecule has 3 rings (SSSR count). The second-order valence-corrected chi connectivity index (χ2v) is 4.63. The van der Waals surface area contributed by atoms with Gasteiger partial charge in [0.1, 0.15) is 18.1 Å². The van der Waals surface area contributed by atoms with Gasteiger partial charge in [-0.25, -0.2) is 0 Å². The Balaban J connectivity index is 1.65. The third kappa shape index (κ3) is 2.65. The summed E-state index contributed by atoms with van der Waals surface area (Å²) in [6, 6.07) is 14.1. The number of benzene rings is 2. The molecule has 1 aliphatic heterocycles. The lowest BCUT2D eigenvalue weighted by Gasteiger charge is -2.08. The number of hydrogen-bond donors (Lipinski definition) is 1. The molecular formula is C16H17NO2. The molecule has 0 radical (unpaired) electrons. The zero-order chi connectivity index (χ0) is 13.1. The minimum atomic E-state index is 0.585.